The molecule has 5 heteroatoms. The molecular formula is C15H11ClN2OS. The van der Waals surface area contributed by atoms with Crippen LogP contribution in [0.1, 0.15) is 5.69 Å². The second kappa shape index (κ2) is 5.69. The highest BCUT2D eigenvalue weighted by Gasteiger charge is 2.04. The van der Waals surface area contributed by atoms with Gasteiger partial charge in [-0.2, -0.15) is 0 Å². The van der Waals surface area contributed by atoms with E-state index < -0.39 is 0 Å². The fourth-order valence-corrected chi connectivity index (χ4v) is 3.02. The van der Waals surface area contributed by atoms with Gasteiger partial charge in [0.15, 0.2) is 0 Å². The summed E-state index contributed by atoms with van der Waals surface area (Å²) in [5.74, 6) is 0.615. The van der Waals surface area contributed by atoms with Crippen LogP contribution in [0.5, 0.6) is 0 Å². The predicted molar refractivity (Wildman–Crippen MR) is 82.5 cm³/mol. The molecule has 0 N–H and O–H groups in total. The summed E-state index contributed by atoms with van der Waals surface area (Å²) in [4.78, 5) is 17.4. The predicted octanol–water partition coefficient (Wildman–Crippen LogP) is 3.64. The summed E-state index contributed by atoms with van der Waals surface area (Å²) in [6.45, 7) is 0. The fourth-order valence-electron chi connectivity index (χ4n) is 1.89. The Hall–Kier alpha value is -1.78. The maximum atomic E-state index is 12.0. The van der Waals surface area contributed by atoms with E-state index in [0.29, 0.717) is 11.4 Å². The zero-order valence-corrected chi connectivity index (χ0v) is 12.1. The highest BCUT2D eigenvalue weighted by Crippen LogP contribution is 2.28. The molecule has 0 unspecified atom stereocenters. The molecule has 0 spiro atoms. The van der Waals surface area contributed by atoms with Gasteiger partial charge in [-0.3, -0.25) is 9.20 Å². The van der Waals surface area contributed by atoms with E-state index >= 15 is 0 Å². The van der Waals surface area contributed by atoms with Gasteiger partial charge < -0.3 is 0 Å². The van der Waals surface area contributed by atoms with Crippen LogP contribution in [-0.2, 0) is 5.75 Å². The lowest BCUT2D eigenvalue weighted by molar-refractivity contribution is 1.01. The van der Waals surface area contributed by atoms with Gasteiger partial charge in [-0.15, -0.1) is 11.8 Å². The van der Waals surface area contributed by atoms with E-state index in [9.17, 15) is 4.79 Å². The van der Waals surface area contributed by atoms with E-state index in [2.05, 4.69) is 4.98 Å². The van der Waals surface area contributed by atoms with Crippen molar-refractivity contribution in [2.75, 3.05) is 0 Å². The molecule has 0 saturated carbocycles. The Labute approximate surface area is 125 Å². The van der Waals surface area contributed by atoms with Crippen molar-refractivity contribution in [2.45, 2.75) is 10.6 Å². The lowest BCUT2D eigenvalue weighted by atomic mass is 10.4. The van der Waals surface area contributed by atoms with Crippen molar-refractivity contribution in [1.29, 1.82) is 0 Å². The van der Waals surface area contributed by atoms with Gasteiger partial charge in [-0.1, -0.05) is 29.8 Å². The monoisotopic (exact) mass is 302 g/mol. The lowest BCUT2D eigenvalue weighted by Crippen LogP contribution is -2.14. The second-order valence-electron chi connectivity index (χ2n) is 4.23. The molecule has 3 nitrogen and oxygen atoms in total. The number of rotatable bonds is 3. The molecule has 0 amide bonds. The van der Waals surface area contributed by atoms with Crippen LogP contribution in [0.4, 0.5) is 0 Å². The summed E-state index contributed by atoms with van der Waals surface area (Å²) in [5.41, 5.74) is 1.35. The summed E-state index contributed by atoms with van der Waals surface area (Å²) < 4.78 is 1.53. The molecule has 3 rings (SSSR count). The Bertz CT molecular complexity index is 816. The van der Waals surface area contributed by atoms with Gasteiger partial charge in [0.25, 0.3) is 5.56 Å². The number of thioether (sulfide) groups is 1. The number of nitrogens with zero attached hydrogens (tertiary/aromatic N) is 2. The van der Waals surface area contributed by atoms with Crippen molar-refractivity contribution in [3.05, 3.63) is 75.8 Å². The van der Waals surface area contributed by atoms with Crippen LogP contribution in [0, 0.1) is 0 Å². The number of hydrogen-bond donors (Lipinski definition) is 0. The van der Waals surface area contributed by atoms with E-state index in [-0.39, 0.29) is 5.56 Å². The van der Waals surface area contributed by atoms with Crippen LogP contribution in [0.15, 0.2) is 64.4 Å². The summed E-state index contributed by atoms with van der Waals surface area (Å²) in [5, 5.41) is 0.718. The first-order valence-electron chi connectivity index (χ1n) is 6.09. The molecule has 0 aliphatic heterocycles. The molecule has 0 bridgehead atoms. The Morgan fingerprint density at radius 2 is 1.95 bits per heavy atom. The topological polar surface area (TPSA) is 34.4 Å². The van der Waals surface area contributed by atoms with Crippen LogP contribution < -0.4 is 5.56 Å². The van der Waals surface area contributed by atoms with E-state index in [1.54, 1.807) is 24.0 Å². The number of pyridine rings is 1. The molecule has 2 heterocycles. The zero-order valence-electron chi connectivity index (χ0n) is 10.5. The summed E-state index contributed by atoms with van der Waals surface area (Å²) in [6, 6.07) is 14.7. The molecule has 3 aromatic rings. The first kappa shape index (κ1) is 13.2. The number of halogens is 1. The zero-order chi connectivity index (χ0) is 13.9. The SMILES string of the molecule is O=c1cc(CSc2ccccc2Cl)nc2ccccn12. The lowest BCUT2D eigenvalue weighted by Gasteiger charge is -2.05. The number of hydrogen-bond acceptors (Lipinski definition) is 3. The van der Waals surface area contributed by atoms with Crippen LogP contribution >= 0.6 is 23.4 Å². The van der Waals surface area contributed by atoms with Crippen LogP contribution in [0.3, 0.4) is 0 Å². The molecule has 100 valence electrons. The van der Waals surface area contributed by atoms with Crippen LogP contribution in [-0.4, -0.2) is 9.38 Å². The minimum absolute atomic E-state index is 0.0645. The minimum Gasteiger partial charge on any atom is -0.269 e. The van der Waals surface area contributed by atoms with Crippen molar-refractivity contribution >= 4 is 29.0 Å². The molecule has 0 saturated heterocycles. The second-order valence-corrected chi connectivity index (χ2v) is 5.66. The largest absolute Gasteiger partial charge is 0.269 e. The first-order valence-corrected chi connectivity index (χ1v) is 7.45. The van der Waals surface area contributed by atoms with Gasteiger partial charge in [-0.25, -0.2) is 4.98 Å². The Morgan fingerprint density at radius 1 is 1.15 bits per heavy atom. The number of benzene rings is 1. The first-order chi connectivity index (χ1) is 9.74. The maximum absolute atomic E-state index is 12.0. The summed E-state index contributed by atoms with van der Waals surface area (Å²) in [7, 11) is 0. The average Bonchev–Trinajstić information content (AvgIpc) is 2.46. The molecule has 0 aliphatic carbocycles. The third-order valence-electron chi connectivity index (χ3n) is 2.84. The van der Waals surface area contributed by atoms with Crippen molar-refractivity contribution in [3.63, 3.8) is 0 Å². The smallest absolute Gasteiger partial charge is 0.258 e. The van der Waals surface area contributed by atoms with Crippen LogP contribution in [0.2, 0.25) is 5.02 Å². The highest BCUT2D eigenvalue weighted by molar-refractivity contribution is 7.98. The van der Waals surface area contributed by atoms with Gasteiger partial charge in [0, 0.05) is 22.9 Å². The van der Waals surface area contributed by atoms with Gasteiger partial charge in [0.2, 0.25) is 0 Å². The molecule has 0 atom stereocenters. The Balaban J connectivity index is 1.88. The van der Waals surface area contributed by atoms with E-state index in [1.165, 1.54) is 4.40 Å². The van der Waals surface area contributed by atoms with Gasteiger partial charge in [0.05, 0.1) is 10.7 Å². The van der Waals surface area contributed by atoms with Crippen molar-refractivity contribution in [2.24, 2.45) is 0 Å². The summed E-state index contributed by atoms with van der Waals surface area (Å²) >= 11 is 7.68. The molecular weight excluding hydrogens is 292 g/mol. The molecule has 0 fully saturated rings. The van der Waals surface area contributed by atoms with Gasteiger partial charge >= 0.3 is 0 Å². The van der Waals surface area contributed by atoms with E-state index in [4.69, 9.17) is 11.6 Å². The summed E-state index contributed by atoms with van der Waals surface area (Å²) in [6.07, 6.45) is 1.72. The van der Waals surface area contributed by atoms with Crippen molar-refractivity contribution in [1.82, 2.24) is 9.38 Å². The van der Waals surface area contributed by atoms with E-state index in [0.717, 1.165) is 15.6 Å². The molecule has 0 radical (unpaired) electrons. The highest BCUT2D eigenvalue weighted by atomic mass is 35.5. The quantitative estimate of drug-likeness (QED) is 0.693. The number of fused-ring (bicyclic) bond motifs is 1. The Morgan fingerprint density at radius 3 is 2.80 bits per heavy atom. The van der Waals surface area contributed by atoms with Gasteiger partial charge in [0.1, 0.15) is 5.65 Å². The third kappa shape index (κ3) is 2.71. The Kier molecular flexibility index (Phi) is 3.76. The molecule has 2 aromatic heterocycles. The van der Waals surface area contributed by atoms with Crippen LogP contribution in [0.25, 0.3) is 5.65 Å². The van der Waals surface area contributed by atoms with Crippen molar-refractivity contribution < 1.29 is 0 Å². The molecule has 1 aromatic carbocycles. The fraction of sp³-hybridized carbons (Fsp3) is 0.0667. The van der Waals surface area contributed by atoms with E-state index in [1.807, 2.05) is 42.5 Å². The number of aromatic nitrogens is 2. The standard InChI is InChI=1S/C15H11ClN2OS/c16-12-5-1-2-6-13(12)20-10-11-9-15(19)18-8-4-3-7-14(18)17-11/h1-9H,10H2. The molecule has 20 heavy (non-hydrogen) atoms. The van der Waals surface area contributed by atoms with Gasteiger partial charge in [-0.05, 0) is 24.3 Å². The third-order valence-corrected chi connectivity index (χ3v) is 4.38. The average molecular weight is 303 g/mol. The maximum Gasteiger partial charge on any atom is 0.258 e. The van der Waals surface area contributed by atoms with Crippen molar-refractivity contribution in [3.8, 4) is 0 Å². The minimum atomic E-state index is -0.0645. The normalized spacial score (nSPS) is 10.8. The molecule has 0 aliphatic rings.